The number of nitrogens with zero attached hydrogens (tertiary/aromatic N) is 3. The van der Waals surface area contributed by atoms with Crippen LogP contribution in [0.2, 0.25) is 0 Å². The zero-order valence-corrected chi connectivity index (χ0v) is 17.7. The third-order valence-corrected chi connectivity index (χ3v) is 5.36. The van der Waals surface area contributed by atoms with Crippen molar-refractivity contribution < 1.29 is 14.3 Å². The van der Waals surface area contributed by atoms with Gasteiger partial charge in [-0.15, -0.1) is 0 Å². The van der Waals surface area contributed by atoms with E-state index in [0.29, 0.717) is 6.61 Å². The van der Waals surface area contributed by atoms with Crippen molar-refractivity contribution in [1.29, 1.82) is 0 Å². The van der Waals surface area contributed by atoms with Crippen LogP contribution >= 0.6 is 0 Å². The van der Waals surface area contributed by atoms with Crippen LogP contribution in [0, 0.1) is 5.92 Å². The molecule has 0 radical (unpaired) electrons. The van der Waals surface area contributed by atoms with E-state index in [-0.39, 0.29) is 11.8 Å². The van der Waals surface area contributed by atoms with Crippen LogP contribution < -0.4 is 20.1 Å². The summed E-state index contributed by atoms with van der Waals surface area (Å²) in [4.78, 5) is 11.4. The summed E-state index contributed by atoms with van der Waals surface area (Å²) in [5.41, 5.74) is 2.69. The van der Waals surface area contributed by atoms with E-state index in [1.807, 2.05) is 53.2 Å². The molecular weight excluding hydrogens is 408 g/mol. The lowest BCUT2D eigenvalue weighted by atomic mass is 10.2. The number of benzene rings is 2. The molecular formula is C23H24N6O3. The van der Waals surface area contributed by atoms with Crippen molar-refractivity contribution in [3.05, 3.63) is 54.7 Å². The van der Waals surface area contributed by atoms with Gasteiger partial charge >= 0.3 is 0 Å². The topological polar surface area (TPSA) is 106 Å². The second-order valence-corrected chi connectivity index (χ2v) is 7.67. The lowest BCUT2D eigenvalue weighted by Crippen LogP contribution is -2.12. The van der Waals surface area contributed by atoms with E-state index in [4.69, 9.17) is 9.47 Å². The maximum absolute atomic E-state index is 11.4. The Morgan fingerprint density at radius 1 is 1.19 bits per heavy atom. The molecule has 0 unspecified atom stereocenters. The van der Waals surface area contributed by atoms with Crippen LogP contribution in [0.25, 0.3) is 10.9 Å². The Labute approximate surface area is 184 Å². The fourth-order valence-corrected chi connectivity index (χ4v) is 3.45. The first-order valence-electron chi connectivity index (χ1n) is 10.5. The van der Waals surface area contributed by atoms with Gasteiger partial charge in [0.15, 0.2) is 5.82 Å². The second-order valence-electron chi connectivity index (χ2n) is 7.67. The van der Waals surface area contributed by atoms with Crippen molar-refractivity contribution in [1.82, 2.24) is 20.0 Å². The number of aromatic nitrogens is 4. The van der Waals surface area contributed by atoms with Crippen molar-refractivity contribution >= 4 is 34.0 Å². The Morgan fingerprint density at radius 3 is 2.78 bits per heavy atom. The van der Waals surface area contributed by atoms with E-state index < -0.39 is 0 Å². The summed E-state index contributed by atoms with van der Waals surface area (Å²) in [5.74, 6) is 2.75. The molecule has 1 aliphatic heterocycles. The zero-order valence-electron chi connectivity index (χ0n) is 17.7. The normalized spacial score (nSPS) is 14.2. The minimum Gasteiger partial charge on any atom is -0.497 e. The van der Waals surface area contributed by atoms with Gasteiger partial charge in [-0.05, 0) is 49.2 Å². The molecule has 0 atom stereocenters. The molecule has 0 spiro atoms. The second kappa shape index (κ2) is 8.62. The number of nitrogens with one attached hydrogen (secondary N) is 3. The molecule has 2 aliphatic rings. The zero-order chi connectivity index (χ0) is 21.9. The molecule has 1 aliphatic carbocycles. The van der Waals surface area contributed by atoms with Crippen LogP contribution in [0.3, 0.4) is 0 Å². The molecule has 1 fully saturated rings. The molecule has 4 aromatic rings. The average Bonchev–Trinajstić information content (AvgIpc) is 3.27. The average molecular weight is 432 g/mol. The van der Waals surface area contributed by atoms with Gasteiger partial charge in [0.2, 0.25) is 11.8 Å². The van der Waals surface area contributed by atoms with Crippen LogP contribution in [-0.2, 0) is 11.3 Å². The van der Waals surface area contributed by atoms with Crippen molar-refractivity contribution in [3.8, 4) is 11.6 Å². The number of anilines is 3. The van der Waals surface area contributed by atoms with Gasteiger partial charge < -0.3 is 20.1 Å². The Balaban J connectivity index is 0.000000140. The van der Waals surface area contributed by atoms with E-state index in [1.165, 1.54) is 0 Å². The highest BCUT2D eigenvalue weighted by atomic mass is 16.5. The lowest BCUT2D eigenvalue weighted by molar-refractivity contribution is -0.117. The molecule has 6 rings (SSSR count). The van der Waals surface area contributed by atoms with Crippen LogP contribution in [0.15, 0.2) is 54.7 Å². The SMILES string of the molecule is COc1ccc(NC(=O)C2CC2)cc1.c1ccc2c(Nc3cnn4c3OCC4)n[nH]c2c1. The molecule has 164 valence electrons. The van der Waals surface area contributed by atoms with Crippen LogP contribution in [0.5, 0.6) is 11.6 Å². The standard InChI is InChI=1S/C12H11N5O.C11H13NO2/c1-2-4-9-8(3-1)11(16-15-9)14-10-7-13-17-5-6-18-12(10)17;1-14-10-6-4-9(5-7-10)12-11(13)8-2-3-8/h1-4,7H,5-6H2,(H2,14,15,16);4-8H,2-3H2,1H3,(H,12,13). The van der Waals surface area contributed by atoms with Gasteiger partial charge in [0.1, 0.15) is 18.0 Å². The van der Waals surface area contributed by atoms with Gasteiger partial charge in [0, 0.05) is 17.0 Å². The Bertz CT molecular complexity index is 1230. The van der Waals surface area contributed by atoms with Crippen molar-refractivity contribution in [2.24, 2.45) is 5.92 Å². The van der Waals surface area contributed by atoms with E-state index in [2.05, 4.69) is 25.9 Å². The fraction of sp³-hybridized carbons (Fsp3) is 0.261. The smallest absolute Gasteiger partial charge is 0.236 e. The van der Waals surface area contributed by atoms with E-state index in [9.17, 15) is 4.79 Å². The minimum absolute atomic E-state index is 0.134. The number of carbonyl (C=O) groups is 1. The summed E-state index contributed by atoms with van der Waals surface area (Å²) in [6.07, 6.45) is 3.82. The summed E-state index contributed by atoms with van der Waals surface area (Å²) < 4.78 is 12.4. The number of amides is 1. The Hall–Kier alpha value is -4.01. The van der Waals surface area contributed by atoms with Crippen molar-refractivity contribution in [2.45, 2.75) is 19.4 Å². The van der Waals surface area contributed by atoms with Gasteiger partial charge in [-0.2, -0.15) is 10.2 Å². The summed E-state index contributed by atoms with van der Waals surface area (Å²) in [7, 11) is 1.62. The number of aromatic amines is 1. The first-order chi connectivity index (χ1) is 15.7. The molecule has 0 bridgehead atoms. The predicted octanol–water partition coefficient (Wildman–Crippen LogP) is 3.94. The molecule has 9 nitrogen and oxygen atoms in total. The maximum Gasteiger partial charge on any atom is 0.236 e. The minimum atomic E-state index is 0.134. The molecule has 3 N–H and O–H groups in total. The van der Waals surface area contributed by atoms with Crippen LogP contribution in [0.1, 0.15) is 12.8 Å². The van der Waals surface area contributed by atoms with E-state index in [0.717, 1.165) is 59.1 Å². The van der Waals surface area contributed by atoms with Crippen molar-refractivity contribution in [3.63, 3.8) is 0 Å². The number of fused-ring (bicyclic) bond motifs is 2. The first kappa shape index (κ1) is 19.9. The highest BCUT2D eigenvalue weighted by Gasteiger charge is 2.29. The highest BCUT2D eigenvalue weighted by Crippen LogP contribution is 2.32. The largest absolute Gasteiger partial charge is 0.497 e. The molecule has 9 heteroatoms. The quantitative estimate of drug-likeness (QED) is 0.441. The number of ether oxygens (including phenoxy) is 2. The number of hydrogen-bond donors (Lipinski definition) is 3. The summed E-state index contributed by atoms with van der Waals surface area (Å²) >= 11 is 0. The lowest BCUT2D eigenvalue weighted by Gasteiger charge is -2.04. The maximum atomic E-state index is 11.4. The van der Waals surface area contributed by atoms with Crippen molar-refractivity contribution in [2.75, 3.05) is 24.4 Å². The van der Waals surface area contributed by atoms with Crippen LogP contribution in [0.4, 0.5) is 17.2 Å². The number of para-hydroxylation sites is 1. The molecule has 2 aromatic heterocycles. The summed E-state index contributed by atoms with van der Waals surface area (Å²) in [6, 6.07) is 15.3. The predicted molar refractivity (Wildman–Crippen MR) is 121 cm³/mol. The molecule has 32 heavy (non-hydrogen) atoms. The molecule has 0 saturated heterocycles. The Morgan fingerprint density at radius 2 is 2.00 bits per heavy atom. The number of H-pyrrole nitrogens is 1. The van der Waals surface area contributed by atoms with Gasteiger partial charge in [0.05, 0.1) is 25.4 Å². The highest BCUT2D eigenvalue weighted by molar-refractivity contribution is 5.94. The molecule has 1 saturated carbocycles. The Kier molecular flexibility index (Phi) is 5.37. The van der Waals surface area contributed by atoms with E-state index in [1.54, 1.807) is 13.3 Å². The summed E-state index contributed by atoms with van der Waals surface area (Å²) in [6.45, 7) is 1.48. The van der Waals surface area contributed by atoms with Gasteiger partial charge in [-0.1, -0.05) is 12.1 Å². The first-order valence-corrected chi connectivity index (χ1v) is 10.5. The van der Waals surface area contributed by atoms with Crippen LogP contribution in [-0.4, -0.2) is 39.6 Å². The monoisotopic (exact) mass is 432 g/mol. The van der Waals surface area contributed by atoms with Gasteiger partial charge in [-0.25, -0.2) is 4.68 Å². The molecule has 3 heterocycles. The van der Waals surface area contributed by atoms with Gasteiger partial charge in [0.25, 0.3) is 0 Å². The van der Waals surface area contributed by atoms with E-state index >= 15 is 0 Å². The van der Waals surface area contributed by atoms with Gasteiger partial charge in [-0.3, -0.25) is 9.89 Å². The number of carbonyl (C=O) groups excluding carboxylic acids is 1. The summed E-state index contributed by atoms with van der Waals surface area (Å²) in [5, 5.41) is 18.7. The molecule has 1 amide bonds. The number of methoxy groups -OCH3 is 1. The number of hydrogen-bond acceptors (Lipinski definition) is 6. The third-order valence-electron chi connectivity index (χ3n) is 5.36. The number of rotatable bonds is 5. The molecule has 2 aromatic carbocycles. The fourth-order valence-electron chi connectivity index (χ4n) is 3.45. The third kappa shape index (κ3) is 4.22.